The summed E-state index contributed by atoms with van der Waals surface area (Å²) in [6.07, 6.45) is 0.998. The lowest BCUT2D eigenvalue weighted by Crippen LogP contribution is -1.99. The van der Waals surface area contributed by atoms with Crippen molar-refractivity contribution in [1.82, 2.24) is 0 Å². The minimum absolute atomic E-state index is 0.312. The minimum atomic E-state index is 0.312. The average molecular weight is 288 g/mol. The van der Waals surface area contributed by atoms with Crippen molar-refractivity contribution in [3.8, 4) is 11.5 Å². The van der Waals surface area contributed by atoms with Crippen LogP contribution in [0.3, 0.4) is 0 Å². The van der Waals surface area contributed by atoms with E-state index < -0.39 is 0 Å². The number of aryl methyl sites for hydroxylation is 2. The lowest BCUT2D eigenvalue weighted by atomic mass is 10.1. The lowest BCUT2D eigenvalue weighted by molar-refractivity contribution is 0.318. The summed E-state index contributed by atoms with van der Waals surface area (Å²) >= 11 is 1.78. The van der Waals surface area contributed by atoms with Gasteiger partial charge in [0, 0.05) is 10.6 Å². The molecule has 0 aliphatic rings. The number of benzene rings is 2. The van der Waals surface area contributed by atoms with E-state index in [9.17, 15) is 5.11 Å². The van der Waals surface area contributed by atoms with Gasteiger partial charge in [0.2, 0.25) is 0 Å². The summed E-state index contributed by atoms with van der Waals surface area (Å²) < 4.78 is 5.75. The van der Waals surface area contributed by atoms with Crippen LogP contribution in [-0.4, -0.2) is 17.5 Å². The summed E-state index contributed by atoms with van der Waals surface area (Å²) in [4.78, 5) is 1.17. The molecule has 0 spiro atoms. The fraction of sp³-hybridized carbons (Fsp3) is 0.294. The predicted molar refractivity (Wildman–Crippen MR) is 84.9 cm³/mol. The molecule has 0 atom stereocenters. The minimum Gasteiger partial charge on any atom is -0.508 e. The van der Waals surface area contributed by atoms with Crippen molar-refractivity contribution in [2.75, 3.05) is 12.4 Å². The van der Waals surface area contributed by atoms with Crippen molar-refractivity contribution in [2.24, 2.45) is 0 Å². The van der Waals surface area contributed by atoms with Crippen LogP contribution in [0.15, 0.2) is 47.4 Å². The molecule has 106 valence electrons. The van der Waals surface area contributed by atoms with Crippen LogP contribution in [0.5, 0.6) is 11.5 Å². The topological polar surface area (TPSA) is 29.5 Å². The van der Waals surface area contributed by atoms with Gasteiger partial charge in [-0.15, -0.1) is 11.8 Å². The van der Waals surface area contributed by atoms with E-state index in [0.717, 1.165) is 24.5 Å². The summed E-state index contributed by atoms with van der Waals surface area (Å²) in [7, 11) is 0. The Hall–Kier alpha value is -1.61. The van der Waals surface area contributed by atoms with Crippen molar-refractivity contribution in [2.45, 2.75) is 25.2 Å². The molecule has 0 radical (unpaired) electrons. The van der Waals surface area contributed by atoms with E-state index >= 15 is 0 Å². The van der Waals surface area contributed by atoms with Gasteiger partial charge in [-0.1, -0.05) is 6.07 Å². The van der Waals surface area contributed by atoms with Crippen molar-refractivity contribution >= 4 is 11.8 Å². The zero-order chi connectivity index (χ0) is 14.4. The maximum atomic E-state index is 9.20. The maximum Gasteiger partial charge on any atom is 0.119 e. The monoisotopic (exact) mass is 288 g/mol. The SMILES string of the molecule is Cc1ccc(OCCCSc2ccc(O)cc2)cc1C. The fourth-order valence-corrected chi connectivity index (χ4v) is 2.61. The van der Waals surface area contributed by atoms with E-state index in [0.29, 0.717) is 5.75 Å². The third-order valence-corrected chi connectivity index (χ3v) is 4.24. The number of rotatable bonds is 6. The molecule has 3 heteroatoms. The van der Waals surface area contributed by atoms with Gasteiger partial charge in [0.25, 0.3) is 0 Å². The van der Waals surface area contributed by atoms with Crippen molar-refractivity contribution < 1.29 is 9.84 Å². The number of aromatic hydroxyl groups is 1. The molecule has 0 heterocycles. The van der Waals surface area contributed by atoms with Gasteiger partial charge in [0.1, 0.15) is 11.5 Å². The molecule has 2 aromatic carbocycles. The van der Waals surface area contributed by atoms with Gasteiger partial charge in [0.05, 0.1) is 6.61 Å². The number of phenolic OH excluding ortho intramolecular Hbond substituents is 1. The molecule has 20 heavy (non-hydrogen) atoms. The highest BCUT2D eigenvalue weighted by Crippen LogP contribution is 2.21. The third kappa shape index (κ3) is 4.49. The van der Waals surface area contributed by atoms with Crippen molar-refractivity contribution in [1.29, 1.82) is 0 Å². The second kappa shape index (κ2) is 7.25. The van der Waals surface area contributed by atoms with Gasteiger partial charge in [-0.25, -0.2) is 0 Å². The normalized spacial score (nSPS) is 10.5. The Morgan fingerprint density at radius 2 is 1.75 bits per heavy atom. The van der Waals surface area contributed by atoms with E-state index in [-0.39, 0.29) is 0 Å². The molecular weight excluding hydrogens is 268 g/mol. The Labute approximate surface area is 124 Å². The van der Waals surface area contributed by atoms with Crippen molar-refractivity contribution in [3.05, 3.63) is 53.6 Å². The number of hydrogen-bond acceptors (Lipinski definition) is 3. The first-order valence-corrected chi connectivity index (χ1v) is 7.75. The first-order valence-electron chi connectivity index (χ1n) is 6.77. The number of ether oxygens (including phenoxy) is 1. The number of thioether (sulfide) groups is 1. The maximum absolute atomic E-state index is 9.20. The molecule has 0 bridgehead atoms. The third-order valence-electron chi connectivity index (χ3n) is 3.14. The van der Waals surface area contributed by atoms with Gasteiger partial charge in [-0.05, 0) is 67.8 Å². The Kier molecular flexibility index (Phi) is 5.36. The van der Waals surface area contributed by atoms with Crippen LogP contribution in [-0.2, 0) is 0 Å². The zero-order valence-electron chi connectivity index (χ0n) is 11.9. The van der Waals surface area contributed by atoms with Crippen LogP contribution < -0.4 is 4.74 Å². The first kappa shape index (κ1) is 14.8. The highest BCUT2D eigenvalue weighted by Gasteiger charge is 1.98. The van der Waals surface area contributed by atoms with E-state index in [2.05, 4.69) is 26.0 Å². The van der Waals surface area contributed by atoms with Gasteiger partial charge >= 0.3 is 0 Å². The molecular formula is C17H20O2S. The van der Waals surface area contributed by atoms with Crippen molar-refractivity contribution in [3.63, 3.8) is 0 Å². The van der Waals surface area contributed by atoms with E-state index in [1.54, 1.807) is 23.9 Å². The van der Waals surface area contributed by atoms with Crippen LogP contribution in [0, 0.1) is 13.8 Å². The summed E-state index contributed by atoms with van der Waals surface area (Å²) in [5.41, 5.74) is 2.56. The zero-order valence-corrected chi connectivity index (χ0v) is 12.7. The van der Waals surface area contributed by atoms with E-state index in [4.69, 9.17) is 4.74 Å². The molecule has 0 aliphatic heterocycles. The molecule has 2 rings (SSSR count). The Morgan fingerprint density at radius 3 is 2.45 bits per heavy atom. The fourth-order valence-electron chi connectivity index (χ4n) is 1.79. The first-order chi connectivity index (χ1) is 9.65. The molecule has 0 saturated heterocycles. The van der Waals surface area contributed by atoms with E-state index in [1.165, 1.54) is 16.0 Å². The van der Waals surface area contributed by atoms with E-state index in [1.807, 2.05) is 18.2 Å². The predicted octanol–water partition coefficient (Wildman–Crippen LogP) is 4.57. The molecule has 2 aromatic rings. The van der Waals surface area contributed by atoms with Gasteiger partial charge in [-0.2, -0.15) is 0 Å². The second-order valence-electron chi connectivity index (χ2n) is 4.79. The molecule has 0 saturated carbocycles. The molecule has 1 N–H and O–H groups in total. The standard InChI is InChI=1S/C17H20O2S/c1-13-4-7-16(12-14(13)2)19-10-3-11-20-17-8-5-15(18)6-9-17/h4-9,12,18H,3,10-11H2,1-2H3. The Bertz CT molecular complexity index is 549. The van der Waals surface area contributed by atoms with Gasteiger partial charge < -0.3 is 9.84 Å². The quantitative estimate of drug-likeness (QED) is 0.623. The largest absolute Gasteiger partial charge is 0.508 e. The molecule has 0 unspecified atom stereocenters. The molecule has 0 aliphatic carbocycles. The summed E-state index contributed by atoms with van der Waals surface area (Å²) in [6.45, 7) is 4.93. The number of phenols is 1. The van der Waals surface area contributed by atoms with Crippen LogP contribution in [0.2, 0.25) is 0 Å². The Balaban J connectivity index is 1.68. The highest BCUT2D eigenvalue weighted by molar-refractivity contribution is 7.99. The summed E-state index contributed by atoms with van der Waals surface area (Å²) in [5.74, 6) is 2.27. The molecule has 2 nitrogen and oxygen atoms in total. The average Bonchev–Trinajstić information content (AvgIpc) is 2.44. The number of hydrogen-bond donors (Lipinski definition) is 1. The molecule has 0 amide bonds. The smallest absolute Gasteiger partial charge is 0.119 e. The Morgan fingerprint density at radius 1 is 1.00 bits per heavy atom. The van der Waals surface area contributed by atoms with Gasteiger partial charge in [0.15, 0.2) is 0 Å². The molecule has 0 aromatic heterocycles. The lowest BCUT2D eigenvalue weighted by Gasteiger charge is -2.08. The van der Waals surface area contributed by atoms with Crippen LogP contribution in [0.4, 0.5) is 0 Å². The second-order valence-corrected chi connectivity index (χ2v) is 5.96. The van der Waals surface area contributed by atoms with Gasteiger partial charge in [-0.3, -0.25) is 0 Å². The summed E-state index contributed by atoms with van der Waals surface area (Å²) in [5, 5.41) is 9.20. The van der Waals surface area contributed by atoms with Crippen LogP contribution in [0.25, 0.3) is 0 Å². The van der Waals surface area contributed by atoms with Crippen LogP contribution >= 0.6 is 11.8 Å². The van der Waals surface area contributed by atoms with Crippen LogP contribution in [0.1, 0.15) is 17.5 Å². The molecule has 0 fully saturated rings. The summed E-state index contributed by atoms with van der Waals surface area (Å²) in [6, 6.07) is 13.5. The highest BCUT2D eigenvalue weighted by atomic mass is 32.2.